The molecule has 0 bridgehead atoms. The highest BCUT2D eigenvalue weighted by atomic mass is 19.1. The molecule has 0 saturated heterocycles. The Balaban J connectivity index is 2.13. The maximum atomic E-state index is 12.9. The van der Waals surface area contributed by atoms with Crippen molar-refractivity contribution in [3.05, 3.63) is 53.9 Å². The van der Waals surface area contributed by atoms with Gasteiger partial charge in [-0.1, -0.05) is 0 Å². The lowest BCUT2D eigenvalue weighted by Crippen LogP contribution is -2.15. The molecular formula is C12H9FN4O2. The molecule has 3 N–H and O–H groups in total. The highest BCUT2D eigenvalue weighted by Crippen LogP contribution is 2.09. The Labute approximate surface area is 107 Å². The van der Waals surface area contributed by atoms with Gasteiger partial charge in [-0.25, -0.2) is 9.37 Å². The molecule has 2 aromatic rings. The van der Waals surface area contributed by atoms with Crippen LogP contribution in [0.5, 0.6) is 0 Å². The molecule has 0 aliphatic rings. The smallest absolute Gasteiger partial charge is 0.267 e. The molecule has 0 radical (unpaired) electrons. The summed E-state index contributed by atoms with van der Waals surface area (Å²) in [4.78, 5) is 29.9. The molecule has 2 amide bonds. The highest BCUT2D eigenvalue weighted by Gasteiger charge is 2.08. The lowest BCUT2D eigenvalue weighted by atomic mass is 10.2. The third kappa shape index (κ3) is 3.09. The van der Waals surface area contributed by atoms with Gasteiger partial charge in [-0.15, -0.1) is 0 Å². The van der Waals surface area contributed by atoms with Crippen molar-refractivity contribution in [2.45, 2.75) is 0 Å². The van der Waals surface area contributed by atoms with Gasteiger partial charge in [0.2, 0.25) is 0 Å². The van der Waals surface area contributed by atoms with E-state index in [0.717, 1.165) is 12.3 Å². The molecule has 0 aromatic carbocycles. The van der Waals surface area contributed by atoms with Gasteiger partial charge in [-0.3, -0.25) is 14.6 Å². The number of pyridine rings is 2. The standard InChI is InChI=1S/C12H9FN4O2/c13-8-3-7(4-15-5-8)12(19)17-9-1-2-10(11(14)18)16-6-9/h1-6H,(H2,14,18)(H,17,19). The topological polar surface area (TPSA) is 98.0 Å². The minimum absolute atomic E-state index is 0.0824. The van der Waals surface area contributed by atoms with Gasteiger partial charge in [0.1, 0.15) is 11.5 Å². The highest BCUT2D eigenvalue weighted by molar-refractivity contribution is 6.04. The number of halogens is 1. The van der Waals surface area contributed by atoms with Crippen molar-refractivity contribution in [3.63, 3.8) is 0 Å². The van der Waals surface area contributed by atoms with Crippen molar-refractivity contribution in [2.75, 3.05) is 5.32 Å². The molecule has 2 heterocycles. The predicted octanol–water partition coefficient (Wildman–Crippen LogP) is 0.967. The number of carbonyl (C=O) groups is 2. The Morgan fingerprint density at radius 2 is 2.00 bits per heavy atom. The van der Waals surface area contributed by atoms with Gasteiger partial charge in [0, 0.05) is 6.20 Å². The van der Waals surface area contributed by atoms with Crippen LogP contribution in [0.3, 0.4) is 0 Å². The van der Waals surface area contributed by atoms with Crippen molar-refractivity contribution >= 4 is 17.5 Å². The third-order valence-corrected chi connectivity index (χ3v) is 2.24. The number of hydrogen-bond acceptors (Lipinski definition) is 4. The van der Waals surface area contributed by atoms with Crippen LogP contribution in [0.2, 0.25) is 0 Å². The van der Waals surface area contributed by atoms with E-state index in [2.05, 4.69) is 15.3 Å². The first-order chi connectivity index (χ1) is 9.06. The second-order valence-corrected chi connectivity index (χ2v) is 3.64. The van der Waals surface area contributed by atoms with Gasteiger partial charge in [0.15, 0.2) is 0 Å². The number of nitrogens with two attached hydrogens (primary N) is 1. The summed E-state index contributed by atoms with van der Waals surface area (Å²) in [6, 6.07) is 3.91. The van der Waals surface area contributed by atoms with Crippen LogP contribution in [-0.4, -0.2) is 21.8 Å². The maximum absolute atomic E-state index is 12.9. The summed E-state index contributed by atoms with van der Waals surface area (Å²) in [7, 11) is 0. The van der Waals surface area contributed by atoms with E-state index in [1.165, 1.54) is 24.5 Å². The van der Waals surface area contributed by atoms with Gasteiger partial charge >= 0.3 is 0 Å². The fraction of sp³-hybridized carbons (Fsp3) is 0. The molecule has 0 saturated carbocycles. The number of anilines is 1. The first-order valence-electron chi connectivity index (χ1n) is 5.24. The zero-order chi connectivity index (χ0) is 13.8. The van der Waals surface area contributed by atoms with Gasteiger partial charge < -0.3 is 11.1 Å². The summed E-state index contributed by atoms with van der Waals surface area (Å²) >= 11 is 0. The molecule has 96 valence electrons. The quantitative estimate of drug-likeness (QED) is 0.858. The van der Waals surface area contributed by atoms with E-state index in [4.69, 9.17) is 5.73 Å². The summed E-state index contributed by atoms with van der Waals surface area (Å²) < 4.78 is 12.9. The number of nitrogens with zero attached hydrogens (tertiary/aromatic N) is 2. The number of aromatic nitrogens is 2. The second kappa shape index (κ2) is 5.21. The van der Waals surface area contributed by atoms with E-state index in [1.54, 1.807) is 0 Å². The van der Waals surface area contributed by atoms with Crippen molar-refractivity contribution in [1.29, 1.82) is 0 Å². The average Bonchev–Trinajstić information content (AvgIpc) is 2.39. The van der Waals surface area contributed by atoms with E-state index in [-0.39, 0.29) is 11.3 Å². The summed E-state index contributed by atoms with van der Waals surface area (Å²) in [6.45, 7) is 0. The molecule has 7 heteroatoms. The van der Waals surface area contributed by atoms with Crippen LogP contribution in [0, 0.1) is 5.82 Å². The zero-order valence-corrected chi connectivity index (χ0v) is 9.63. The number of nitrogens with one attached hydrogen (secondary N) is 1. The van der Waals surface area contributed by atoms with Crippen molar-refractivity contribution < 1.29 is 14.0 Å². The van der Waals surface area contributed by atoms with E-state index in [0.29, 0.717) is 5.69 Å². The summed E-state index contributed by atoms with van der Waals surface area (Å²) in [6.07, 6.45) is 3.52. The van der Waals surface area contributed by atoms with E-state index in [9.17, 15) is 14.0 Å². The van der Waals surface area contributed by atoms with Gasteiger partial charge in [-0.05, 0) is 18.2 Å². The van der Waals surface area contributed by atoms with Crippen LogP contribution < -0.4 is 11.1 Å². The van der Waals surface area contributed by atoms with Crippen LogP contribution in [0.1, 0.15) is 20.8 Å². The van der Waals surface area contributed by atoms with Gasteiger partial charge in [0.25, 0.3) is 11.8 Å². The summed E-state index contributed by atoms with van der Waals surface area (Å²) in [5.74, 6) is -1.79. The summed E-state index contributed by atoms with van der Waals surface area (Å²) in [5, 5.41) is 2.49. The number of primary amides is 1. The molecule has 0 aliphatic heterocycles. The third-order valence-electron chi connectivity index (χ3n) is 2.24. The normalized spacial score (nSPS) is 9.95. The lowest BCUT2D eigenvalue weighted by Gasteiger charge is -2.04. The van der Waals surface area contributed by atoms with Crippen molar-refractivity contribution in [1.82, 2.24) is 9.97 Å². The molecule has 2 rings (SSSR count). The van der Waals surface area contributed by atoms with Crippen LogP contribution in [0.25, 0.3) is 0 Å². The Kier molecular flexibility index (Phi) is 3.46. The molecule has 0 aliphatic carbocycles. The lowest BCUT2D eigenvalue weighted by molar-refractivity contribution is 0.0994. The Bertz CT molecular complexity index is 628. The number of rotatable bonds is 3. The first kappa shape index (κ1) is 12.6. The van der Waals surface area contributed by atoms with Crippen molar-refractivity contribution in [3.8, 4) is 0 Å². The largest absolute Gasteiger partial charge is 0.364 e. The molecule has 0 unspecified atom stereocenters. The van der Waals surface area contributed by atoms with Crippen LogP contribution in [0.15, 0.2) is 36.8 Å². The molecule has 0 atom stereocenters. The van der Waals surface area contributed by atoms with E-state index in [1.807, 2.05) is 0 Å². The van der Waals surface area contributed by atoms with Gasteiger partial charge in [0.05, 0.1) is 23.6 Å². The molecule has 19 heavy (non-hydrogen) atoms. The monoisotopic (exact) mass is 260 g/mol. The van der Waals surface area contributed by atoms with E-state index >= 15 is 0 Å². The SMILES string of the molecule is NC(=O)c1ccc(NC(=O)c2cncc(F)c2)cn1. The zero-order valence-electron chi connectivity index (χ0n) is 9.63. The Morgan fingerprint density at radius 1 is 1.21 bits per heavy atom. The van der Waals surface area contributed by atoms with Crippen molar-refractivity contribution in [2.24, 2.45) is 5.73 Å². The van der Waals surface area contributed by atoms with E-state index < -0.39 is 17.6 Å². The van der Waals surface area contributed by atoms with Crippen LogP contribution in [-0.2, 0) is 0 Å². The molecule has 2 aromatic heterocycles. The fourth-order valence-corrected chi connectivity index (χ4v) is 1.35. The predicted molar refractivity (Wildman–Crippen MR) is 64.9 cm³/mol. The molecule has 0 fully saturated rings. The second-order valence-electron chi connectivity index (χ2n) is 3.64. The first-order valence-corrected chi connectivity index (χ1v) is 5.24. The minimum Gasteiger partial charge on any atom is -0.364 e. The molecule has 6 nitrogen and oxygen atoms in total. The van der Waals surface area contributed by atoms with Crippen LogP contribution in [0.4, 0.5) is 10.1 Å². The molecule has 0 spiro atoms. The molecular weight excluding hydrogens is 251 g/mol. The van der Waals surface area contributed by atoms with Gasteiger partial charge in [-0.2, -0.15) is 0 Å². The number of carbonyl (C=O) groups excluding carboxylic acids is 2. The Hall–Kier alpha value is -2.83. The maximum Gasteiger partial charge on any atom is 0.267 e. The fourth-order valence-electron chi connectivity index (χ4n) is 1.35. The summed E-state index contributed by atoms with van der Waals surface area (Å²) in [5.41, 5.74) is 5.57. The Morgan fingerprint density at radius 3 is 2.58 bits per heavy atom. The number of hydrogen-bond donors (Lipinski definition) is 2. The number of amides is 2. The minimum atomic E-state index is -0.660. The average molecular weight is 260 g/mol. The van der Waals surface area contributed by atoms with Crippen LogP contribution >= 0.6 is 0 Å².